The van der Waals surface area contributed by atoms with Gasteiger partial charge in [0.1, 0.15) is 0 Å². The van der Waals surface area contributed by atoms with Gasteiger partial charge in [-0.3, -0.25) is 4.79 Å². The van der Waals surface area contributed by atoms with Gasteiger partial charge in [-0.2, -0.15) is 0 Å². The Balaban J connectivity index is 2.49. The van der Waals surface area contributed by atoms with Crippen molar-refractivity contribution in [1.82, 2.24) is 4.57 Å². The fourth-order valence-corrected chi connectivity index (χ4v) is 2.23. The van der Waals surface area contributed by atoms with Crippen molar-refractivity contribution in [3.63, 3.8) is 0 Å². The number of nitrogens with zero attached hydrogens (tertiary/aromatic N) is 1. The summed E-state index contributed by atoms with van der Waals surface area (Å²) in [7, 11) is 0. The maximum atomic E-state index is 13.5. The first-order chi connectivity index (χ1) is 8.49. The van der Waals surface area contributed by atoms with Gasteiger partial charge in [0.05, 0.1) is 10.5 Å². The number of halogens is 3. The predicted octanol–water partition coefficient (Wildman–Crippen LogP) is 4.01. The summed E-state index contributed by atoms with van der Waals surface area (Å²) in [5.41, 5.74) is 0.585. The summed E-state index contributed by atoms with van der Waals surface area (Å²) in [5.74, 6) is -0.469. The van der Waals surface area contributed by atoms with Crippen LogP contribution in [0.15, 0.2) is 45.8 Å². The van der Waals surface area contributed by atoms with Gasteiger partial charge in [0.15, 0.2) is 5.82 Å². The highest BCUT2D eigenvalue weighted by Crippen LogP contribution is 2.21. The number of hydrogen-bond acceptors (Lipinski definition) is 1. The van der Waals surface area contributed by atoms with E-state index in [-0.39, 0.29) is 16.1 Å². The molecule has 1 heterocycles. The third-order valence-electron chi connectivity index (χ3n) is 2.73. The van der Waals surface area contributed by atoms with Crippen LogP contribution in [0.4, 0.5) is 4.39 Å². The Morgan fingerprint density at radius 2 is 2.11 bits per heavy atom. The van der Waals surface area contributed by atoms with Gasteiger partial charge in [0, 0.05) is 17.3 Å². The van der Waals surface area contributed by atoms with E-state index in [2.05, 4.69) is 15.9 Å². The van der Waals surface area contributed by atoms with E-state index in [0.717, 1.165) is 5.56 Å². The van der Waals surface area contributed by atoms with Crippen molar-refractivity contribution >= 4 is 27.5 Å². The van der Waals surface area contributed by atoms with Crippen LogP contribution in [0.25, 0.3) is 0 Å². The molecular weight excluding hydrogens is 321 g/mol. The van der Waals surface area contributed by atoms with Crippen LogP contribution in [-0.4, -0.2) is 4.57 Å². The lowest BCUT2D eigenvalue weighted by Gasteiger charge is -2.16. The van der Waals surface area contributed by atoms with Crippen LogP contribution in [0.5, 0.6) is 0 Å². The standard InChI is InChI=1S/C13H10BrClFNO/c1-8(9-3-2-4-10(15)5-9)17-7-12(16)11(14)6-13(17)18/h2-8H,1H3. The van der Waals surface area contributed by atoms with Crippen molar-refractivity contribution in [2.45, 2.75) is 13.0 Å². The maximum absolute atomic E-state index is 13.5. The lowest BCUT2D eigenvalue weighted by molar-refractivity contribution is 0.552. The average Bonchev–Trinajstić information content (AvgIpc) is 2.33. The number of pyridine rings is 1. The van der Waals surface area contributed by atoms with Gasteiger partial charge in [-0.05, 0) is 40.5 Å². The third-order valence-corrected chi connectivity index (χ3v) is 3.58. The largest absolute Gasteiger partial charge is 0.305 e. The second-order valence-electron chi connectivity index (χ2n) is 3.95. The molecule has 0 N–H and O–H groups in total. The van der Waals surface area contributed by atoms with Crippen LogP contribution in [0.1, 0.15) is 18.5 Å². The molecule has 0 aliphatic heterocycles. The second kappa shape index (κ2) is 5.24. The van der Waals surface area contributed by atoms with E-state index >= 15 is 0 Å². The van der Waals surface area contributed by atoms with Gasteiger partial charge in [0.2, 0.25) is 0 Å². The molecule has 1 aromatic carbocycles. The molecule has 0 saturated heterocycles. The average molecular weight is 331 g/mol. The van der Waals surface area contributed by atoms with Gasteiger partial charge in [0.25, 0.3) is 5.56 Å². The molecule has 2 nitrogen and oxygen atoms in total. The van der Waals surface area contributed by atoms with Crippen molar-refractivity contribution in [3.8, 4) is 0 Å². The summed E-state index contributed by atoms with van der Waals surface area (Å²) in [6.45, 7) is 1.82. The minimum atomic E-state index is -0.469. The van der Waals surface area contributed by atoms with E-state index in [9.17, 15) is 9.18 Å². The minimum absolute atomic E-state index is 0.169. The molecule has 18 heavy (non-hydrogen) atoms. The van der Waals surface area contributed by atoms with E-state index in [4.69, 9.17) is 11.6 Å². The van der Waals surface area contributed by atoms with E-state index < -0.39 is 5.82 Å². The highest BCUT2D eigenvalue weighted by molar-refractivity contribution is 9.10. The molecule has 94 valence electrons. The number of aromatic nitrogens is 1. The van der Waals surface area contributed by atoms with Crippen LogP contribution >= 0.6 is 27.5 Å². The van der Waals surface area contributed by atoms with E-state index in [0.29, 0.717) is 5.02 Å². The summed E-state index contributed by atoms with van der Waals surface area (Å²) < 4.78 is 15.0. The normalized spacial score (nSPS) is 12.4. The van der Waals surface area contributed by atoms with Crippen molar-refractivity contribution in [3.05, 3.63) is 67.8 Å². The molecule has 1 unspecified atom stereocenters. The molecule has 5 heteroatoms. The number of benzene rings is 1. The Labute approximate surface area is 117 Å². The topological polar surface area (TPSA) is 22.0 Å². The highest BCUT2D eigenvalue weighted by Gasteiger charge is 2.12. The Hall–Kier alpha value is -1.13. The van der Waals surface area contributed by atoms with Crippen molar-refractivity contribution < 1.29 is 4.39 Å². The molecule has 0 aliphatic carbocycles. The predicted molar refractivity (Wildman–Crippen MR) is 73.6 cm³/mol. The number of hydrogen-bond donors (Lipinski definition) is 0. The first-order valence-corrected chi connectivity index (χ1v) is 6.49. The Morgan fingerprint density at radius 1 is 1.39 bits per heavy atom. The molecule has 1 aromatic heterocycles. The van der Waals surface area contributed by atoms with Crippen molar-refractivity contribution in [2.24, 2.45) is 0 Å². The van der Waals surface area contributed by atoms with Crippen LogP contribution < -0.4 is 5.56 Å². The summed E-state index contributed by atoms with van der Waals surface area (Å²) in [4.78, 5) is 11.8. The zero-order valence-electron chi connectivity index (χ0n) is 9.53. The second-order valence-corrected chi connectivity index (χ2v) is 5.24. The molecule has 0 fully saturated rings. The highest BCUT2D eigenvalue weighted by atomic mass is 79.9. The van der Waals surface area contributed by atoms with Gasteiger partial charge in [-0.15, -0.1) is 0 Å². The molecule has 1 atom stereocenters. The lowest BCUT2D eigenvalue weighted by atomic mass is 10.1. The Kier molecular flexibility index (Phi) is 3.88. The van der Waals surface area contributed by atoms with Crippen LogP contribution in [0.2, 0.25) is 5.02 Å². The van der Waals surface area contributed by atoms with Crippen LogP contribution in [-0.2, 0) is 0 Å². The summed E-state index contributed by atoms with van der Waals surface area (Å²) in [6, 6.07) is 8.11. The van der Waals surface area contributed by atoms with E-state index in [1.54, 1.807) is 18.2 Å². The zero-order chi connectivity index (χ0) is 13.3. The summed E-state index contributed by atoms with van der Waals surface area (Å²) in [6.07, 6.45) is 1.19. The molecule has 0 aliphatic rings. The van der Waals surface area contributed by atoms with E-state index in [1.165, 1.54) is 16.8 Å². The van der Waals surface area contributed by atoms with Gasteiger partial charge >= 0.3 is 0 Å². The van der Waals surface area contributed by atoms with E-state index in [1.807, 2.05) is 13.0 Å². The fraction of sp³-hybridized carbons (Fsp3) is 0.154. The smallest absolute Gasteiger partial charge is 0.252 e. The third kappa shape index (κ3) is 2.65. The minimum Gasteiger partial charge on any atom is -0.305 e. The van der Waals surface area contributed by atoms with Crippen LogP contribution in [0, 0.1) is 5.82 Å². The first-order valence-electron chi connectivity index (χ1n) is 5.31. The monoisotopic (exact) mass is 329 g/mol. The molecular formula is C13H10BrClFNO. The number of rotatable bonds is 2. The SMILES string of the molecule is CC(c1cccc(Cl)c1)n1cc(F)c(Br)cc1=O. The molecule has 2 rings (SSSR count). The maximum Gasteiger partial charge on any atom is 0.252 e. The van der Waals surface area contributed by atoms with Crippen molar-refractivity contribution in [2.75, 3.05) is 0 Å². The van der Waals surface area contributed by atoms with Gasteiger partial charge in [-0.1, -0.05) is 23.7 Å². The Bertz CT molecular complexity index is 641. The quantitative estimate of drug-likeness (QED) is 0.815. The van der Waals surface area contributed by atoms with Crippen LogP contribution in [0.3, 0.4) is 0 Å². The molecule has 0 saturated carbocycles. The summed E-state index contributed by atoms with van der Waals surface area (Å²) in [5, 5.41) is 0.588. The Morgan fingerprint density at radius 3 is 2.78 bits per heavy atom. The molecule has 0 spiro atoms. The molecule has 0 bridgehead atoms. The molecule has 0 amide bonds. The summed E-state index contributed by atoms with van der Waals surface area (Å²) >= 11 is 8.89. The first kappa shape index (κ1) is 13.3. The zero-order valence-corrected chi connectivity index (χ0v) is 11.9. The lowest BCUT2D eigenvalue weighted by Crippen LogP contribution is -2.23. The molecule has 0 radical (unpaired) electrons. The van der Waals surface area contributed by atoms with Crippen molar-refractivity contribution in [1.29, 1.82) is 0 Å². The molecule has 2 aromatic rings. The van der Waals surface area contributed by atoms with Gasteiger partial charge in [-0.25, -0.2) is 4.39 Å². The van der Waals surface area contributed by atoms with Gasteiger partial charge < -0.3 is 4.57 Å². The fourth-order valence-electron chi connectivity index (χ4n) is 1.73.